The lowest BCUT2D eigenvalue weighted by atomic mass is 10.1. The molecule has 112 valence electrons. The zero-order valence-electron chi connectivity index (χ0n) is 10.8. The molecule has 0 saturated heterocycles. The van der Waals surface area contributed by atoms with Gasteiger partial charge in [0.15, 0.2) is 0 Å². The van der Waals surface area contributed by atoms with E-state index in [-0.39, 0.29) is 37.2 Å². The van der Waals surface area contributed by atoms with Crippen LogP contribution in [0.3, 0.4) is 0 Å². The smallest absolute Gasteiger partial charge is 0.132 e. The molecule has 20 heavy (non-hydrogen) atoms. The van der Waals surface area contributed by atoms with Crippen molar-refractivity contribution in [3.05, 3.63) is 41.7 Å². The van der Waals surface area contributed by atoms with Crippen LogP contribution in [0.15, 0.2) is 30.6 Å². The quantitative estimate of drug-likeness (QED) is 0.897. The number of aromatic nitrogens is 2. The van der Waals surface area contributed by atoms with Crippen LogP contribution in [0.25, 0.3) is 0 Å². The van der Waals surface area contributed by atoms with E-state index in [9.17, 15) is 0 Å². The largest absolute Gasteiger partial charge is 0.497 e. The van der Waals surface area contributed by atoms with E-state index >= 15 is 0 Å². The lowest BCUT2D eigenvalue weighted by Crippen LogP contribution is -2.05. The minimum absolute atomic E-state index is 0. The summed E-state index contributed by atoms with van der Waals surface area (Å²) in [5.74, 6) is 1.67. The van der Waals surface area contributed by atoms with Crippen molar-refractivity contribution in [2.24, 2.45) is 0 Å². The van der Waals surface area contributed by atoms with Gasteiger partial charge < -0.3 is 16.2 Å². The van der Waals surface area contributed by atoms with E-state index in [1.165, 1.54) is 6.33 Å². The molecule has 8 heteroatoms. The standard InChI is InChI=1S/C12H14N4O.3ClH/c1-17-9-4-2-8(3-5-9)6-10-11(13)15-7-16-12(10)14;;;/h2-5,7H,6H2,1H3,(H4,13,14,15,16);3*1H. The molecule has 1 aromatic carbocycles. The van der Waals surface area contributed by atoms with Crippen molar-refractivity contribution < 1.29 is 4.74 Å². The van der Waals surface area contributed by atoms with Crippen LogP contribution in [0.5, 0.6) is 5.75 Å². The van der Waals surface area contributed by atoms with Crippen molar-refractivity contribution in [1.82, 2.24) is 9.97 Å². The second kappa shape index (κ2) is 9.47. The predicted octanol–water partition coefficient (Wildman–Crippen LogP) is 2.51. The number of ether oxygens (including phenoxy) is 1. The lowest BCUT2D eigenvalue weighted by molar-refractivity contribution is 0.414. The molecular formula is C12H17Cl3N4O. The zero-order valence-corrected chi connectivity index (χ0v) is 13.2. The molecule has 0 bridgehead atoms. The summed E-state index contributed by atoms with van der Waals surface area (Å²) >= 11 is 0. The molecule has 0 spiro atoms. The van der Waals surface area contributed by atoms with Gasteiger partial charge >= 0.3 is 0 Å². The highest BCUT2D eigenvalue weighted by Gasteiger charge is 2.07. The Hall–Kier alpha value is -1.43. The number of benzene rings is 1. The van der Waals surface area contributed by atoms with Gasteiger partial charge in [0.25, 0.3) is 0 Å². The summed E-state index contributed by atoms with van der Waals surface area (Å²) in [6.07, 6.45) is 1.98. The number of rotatable bonds is 3. The van der Waals surface area contributed by atoms with Crippen LogP contribution in [0.4, 0.5) is 11.6 Å². The van der Waals surface area contributed by atoms with Gasteiger partial charge in [-0.3, -0.25) is 0 Å². The van der Waals surface area contributed by atoms with Crippen LogP contribution in [-0.2, 0) is 6.42 Å². The fourth-order valence-electron chi connectivity index (χ4n) is 1.57. The van der Waals surface area contributed by atoms with E-state index < -0.39 is 0 Å². The van der Waals surface area contributed by atoms with Gasteiger partial charge in [-0.1, -0.05) is 12.1 Å². The van der Waals surface area contributed by atoms with Crippen LogP contribution in [0, 0.1) is 0 Å². The monoisotopic (exact) mass is 338 g/mol. The van der Waals surface area contributed by atoms with E-state index in [1.54, 1.807) is 7.11 Å². The molecule has 5 nitrogen and oxygen atoms in total. The maximum absolute atomic E-state index is 5.77. The second-order valence-corrected chi connectivity index (χ2v) is 3.65. The molecular weight excluding hydrogens is 323 g/mol. The highest BCUT2D eigenvalue weighted by Crippen LogP contribution is 2.20. The normalized spacial score (nSPS) is 8.65. The predicted molar refractivity (Wildman–Crippen MR) is 88.4 cm³/mol. The molecule has 1 heterocycles. The zero-order chi connectivity index (χ0) is 12.3. The Morgan fingerprint density at radius 3 is 1.90 bits per heavy atom. The average Bonchev–Trinajstić information content (AvgIpc) is 2.35. The minimum Gasteiger partial charge on any atom is -0.497 e. The minimum atomic E-state index is 0. The van der Waals surface area contributed by atoms with Gasteiger partial charge in [0.05, 0.1) is 7.11 Å². The Kier molecular flexibility index (Phi) is 9.89. The summed E-state index contributed by atoms with van der Waals surface area (Å²) in [7, 11) is 1.63. The van der Waals surface area contributed by atoms with Crippen molar-refractivity contribution in [2.75, 3.05) is 18.6 Å². The van der Waals surface area contributed by atoms with E-state index in [2.05, 4.69) is 9.97 Å². The van der Waals surface area contributed by atoms with Gasteiger partial charge in [0, 0.05) is 12.0 Å². The number of methoxy groups -OCH3 is 1. The highest BCUT2D eigenvalue weighted by atomic mass is 35.5. The SMILES string of the molecule is COc1ccc(Cc2c(N)ncnc2N)cc1.Cl.Cl.Cl. The van der Waals surface area contributed by atoms with E-state index in [0.29, 0.717) is 18.1 Å². The molecule has 0 aliphatic rings. The molecule has 0 unspecified atom stereocenters. The first-order chi connectivity index (χ1) is 8.20. The maximum atomic E-state index is 5.77. The number of hydrogen-bond donors (Lipinski definition) is 2. The Balaban J connectivity index is 0. The first-order valence-electron chi connectivity index (χ1n) is 5.18. The Morgan fingerprint density at radius 2 is 1.45 bits per heavy atom. The third kappa shape index (κ3) is 4.92. The summed E-state index contributed by atoms with van der Waals surface area (Å²) in [5.41, 5.74) is 13.4. The Labute approximate surface area is 136 Å². The van der Waals surface area contributed by atoms with Crippen LogP contribution >= 0.6 is 37.2 Å². The third-order valence-corrected chi connectivity index (χ3v) is 2.55. The van der Waals surface area contributed by atoms with Gasteiger partial charge in [0.1, 0.15) is 23.7 Å². The number of nitrogens with two attached hydrogens (primary N) is 2. The Bertz CT molecular complexity index is 502. The van der Waals surface area contributed by atoms with Crippen LogP contribution in [0.2, 0.25) is 0 Å². The Morgan fingerprint density at radius 1 is 0.950 bits per heavy atom. The number of nitrogen functional groups attached to an aromatic ring is 2. The molecule has 0 fully saturated rings. The summed E-state index contributed by atoms with van der Waals surface area (Å²) in [5, 5.41) is 0. The first kappa shape index (κ1) is 20.9. The first-order valence-corrected chi connectivity index (χ1v) is 5.18. The maximum Gasteiger partial charge on any atom is 0.132 e. The van der Waals surface area contributed by atoms with Crippen LogP contribution < -0.4 is 16.2 Å². The number of anilines is 2. The van der Waals surface area contributed by atoms with E-state index in [1.807, 2.05) is 24.3 Å². The fourth-order valence-corrected chi connectivity index (χ4v) is 1.57. The summed E-state index contributed by atoms with van der Waals surface area (Å²) in [6, 6.07) is 7.71. The van der Waals surface area contributed by atoms with Crippen LogP contribution in [0.1, 0.15) is 11.1 Å². The molecule has 0 atom stereocenters. The lowest BCUT2D eigenvalue weighted by Gasteiger charge is -2.07. The summed E-state index contributed by atoms with van der Waals surface area (Å²) in [4.78, 5) is 7.86. The molecule has 0 saturated carbocycles. The highest BCUT2D eigenvalue weighted by molar-refractivity contribution is 5.86. The summed E-state index contributed by atoms with van der Waals surface area (Å²) in [6.45, 7) is 0. The molecule has 0 aliphatic carbocycles. The summed E-state index contributed by atoms with van der Waals surface area (Å²) < 4.78 is 5.09. The van der Waals surface area contributed by atoms with Crippen molar-refractivity contribution in [3.8, 4) is 5.75 Å². The van der Waals surface area contributed by atoms with Gasteiger partial charge in [0.2, 0.25) is 0 Å². The molecule has 2 rings (SSSR count). The number of halogens is 3. The molecule has 0 radical (unpaired) electrons. The van der Waals surface area contributed by atoms with Crippen molar-refractivity contribution in [1.29, 1.82) is 0 Å². The third-order valence-electron chi connectivity index (χ3n) is 2.55. The van der Waals surface area contributed by atoms with Gasteiger partial charge in [-0.2, -0.15) is 0 Å². The fraction of sp³-hybridized carbons (Fsp3) is 0.167. The van der Waals surface area contributed by atoms with Crippen molar-refractivity contribution >= 4 is 48.9 Å². The number of nitrogens with zero attached hydrogens (tertiary/aromatic N) is 2. The molecule has 2 aromatic rings. The van der Waals surface area contributed by atoms with Crippen molar-refractivity contribution in [3.63, 3.8) is 0 Å². The molecule has 0 aliphatic heterocycles. The molecule has 1 aromatic heterocycles. The van der Waals surface area contributed by atoms with E-state index in [0.717, 1.165) is 16.9 Å². The van der Waals surface area contributed by atoms with Crippen LogP contribution in [-0.4, -0.2) is 17.1 Å². The van der Waals surface area contributed by atoms with Gasteiger partial charge in [-0.15, -0.1) is 37.2 Å². The van der Waals surface area contributed by atoms with Gasteiger partial charge in [-0.05, 0) is 17.7 Å². The number of hydrogen-bond acceptors (Lipinski definition) is 5. The van der Waals surface area contributed by atoms with E-state index in [4.69, 9.17) is 16.2 Å². The van der Waals surface area contributed by atoms with Crippen molar-refractivity contribution in [2.45, 2.75) is 6.42 Å². The molecule has 0 amide bonds. The average molecular weight is 340 g/mol. The topological polar surface area (TPSA) is 87.0 Å². The second-order valence-electron chi connectivity index (χ2n) is 3.65. The van der Waals surface area contributed by atoms with Gasteiger partial charge in [-0.25, -0.2) is 9.97 Å². The molecule has 4 N–H and O–H groups in total.